The molecule has 1 unspecified atom stereocenters. The van der Waals surface area contributed by atoms with E-state index in [0.29, 0.717) is 0 Å². The molecule has 1 aliphatic carbocycles. The number of benzene rings is 1. The molecule has 2 heterocycles. The molecule has 0 saturated carbocycles. The maximum absolute atomic E-state index is 4.70. The SMILES string of the molecule is CC/S(C)=C1\C=C(c2cn3cccc3cn2)Cc2ccccc21. The van der Waals surface area contributed by atoms with Gasteiger partial charge in [0.1, 0.15) is 0 Å². The summed E-state index contributed by atoms with van der Waals surface area (Å²) in [6.45, 7) is 2.27. The van der Waals surface area contributed by atoms with Gasteiger partial charge in [-0.2, -0.15) is 10.5 Å². The quantitative estimate of drug-likeness (QED) is 0.639. The summed E-state index contributed by atoms with van der Waals surface area (Å²) in [5.41, 5.74) is 6.38. The Hall–Kier alpha value is -2.13. The van der Waals surface area contributed by atoms with Gasteiger partial charge >= 0.3 is 0 Å². The fourth-order valence-electron chi connectivity index (χ4n) is 3.12. The van der Waals surface area contributed by atoms with Gasteiger partial charge in [0.2, 0.25) is 0 Å². The smallest absolute Gasteiger partial charge is 0.0832 e. The van der Waals surface area contributed by atoms with E-state index in [9.17, 15) is 0 Å². The second kappa shape index (κ2) is 5.82. The molecule has 0 spiro atoms. The first-order valence-electron chi connectivity index (χ1n) is 7.97. The molecule has 4 rings (SSSR count). The summed E-state index contributed by atoms with van der Waals surface area (Å²) in [6.07, 6.45) is 11.9. The van der Waals surface area contributed by atoms with Gasteiger partial charge in [0.05, 0.1) is 17.4 Å². The number of fused-ring (bicyclic) bond motifs is 2. The van der Waals surface area contributed by atoms with Crippen molar-refractivity contribution >= 4 is 26.4 Å². The molecule has 0 amide bonds. The number of aromatic nitrogens is 2. The molecule has 0 saturated heterocycles. The van der Waals surface area contributed by atoms with Crippen LogP contribution in [0, 0.1) is 0 Å². The lowest BCUT2D eigenvalue weighted by Crippen LogP contribution is -2.12. The molecule has 1 aromatic carbocycles. The minimum Gasteiger partial charge on any atom is -0.320 e. The lowest BCUT2D eigenvalue weighted by molar-refractivity contribution is 1.10. The van der Waals surface area contributed by atoms with Crippen molar-refractivity contribution in [3.63, 3.8) is 0 Å². The van der Waals surface area contributed by atoms with E-state index >= 15 is 0 Å². The molecule has 1 aliphatic rings. The zero-order valence-electron chi connectivity index (χ0n) is 13.5. The van der Waals surface area contributed by atoms with Gasteiger partial charge in [0, 0.05) is 23.7 Å². The average Bonchev–Trinajstić information content (AvgIpc) is 3.07. The molecular weight excluding hydrogens is 300 g/mol. The van der Waals surface area contributed by atoms with E-state index in [1.165, 1.54) is 27.3 Å². The van der Waals surface area contributed by atoms with Gasteiger partial charge in [-0.25, -0.2) is 0 Å². The summed E-state index contributed by atoms with van der Waals surface area (Å²) in [7, 11) is 0.267. The van der Waals surface area contributed by atoms with E-state index in [4.69, 9.17) is 4.98 Å². The number of hydrogen-bond donors (Lipinski definition) is 0. The predicted octanol–water partition coefficient (Wildman–Crippen LogP) is 4.41. The van der Waals surface area contributed by atoms with Crippen LogP contribution in [0.1, 0.15) is 23.7 Å². The topological polar surface area (TPSA) is 17.3 Å². The zero-order valence-corrected chi connectivity index (χ0v) is 14.3. The van der Waals surface area contributed by atoms with Gasteiger partial charge in [-0.05, 0) is 46.9 Å². The highest BCUT2D eigenvalue weighted by molar-refractivity contribution is 8.15. The summed E-state index contributed by atoms with van der Waals surface area (Å²) in [6, 6.07) is 12.9. The highest BCUT2D eigenvalue weighted by atomic mass is 32.2. The summed E-state index contributed by atoms with van der Waals surface area (Å²) in [5.74, 6) is 1.18. The largest absolute Gasteiger partial charge is 0.320 e. The van der Waals surface area contributed by atoms with Crippen molar-refractivity contribution < 1.29 is 0 Å². The first kappa shape index (κ1) is 14.5. The standard InChI is InChI=1S/C20H20N2S/c1-3-23(2)20-12-16(11-15-7-4-5-9-18(15)20)19-14-22-10-6-8-17(22)13-21-19/h4-10,12-14H,3,11H2,1-2H3. The second-order valence-electron chi connectivity index (χ2n) is 5.91. The van der Waals surface area contributed by atoms with Crippen LogP contribution >= 0.6 is 10.5 Å². The van der Waals surface area contributed by atoms with Gasteiger partial charge in [0.15, 0.2) is 0 Å². The Balaban J connectivity index is 1.87. The van der Waals surface area contributed by atoms with Crippen LogP contribution in [0.4, 0.5) is 0 Å². The molecule has 2 nitrogen and oxygen atoms in total. The summed E-state index contributed by atoms with van der Waals surface area (Å²) >= 11 is 0. The number of hydrogen-bond acceptors (Lipinski definition) is 1. The Kier molecular flexibility index (Phi) is 3.66. The lowest BCUT2D eigenvalue weighted by atomic mass is 9.90. The molecule has 2 aromatic heterocycles. The van der Waals surface area contributed by atoms with Crippen LogP contribution in [-0.2, 0) is 6.42 Å². The molecule has 0 radical (unpaired) electrons. The van der Waals surface area contributed by atoms with Gasteiger partial charge in [-0.15, -0.1) is 0 Å². The number of rotatable bonds is 2. The molecule has 3 heteroatoms. The van der Waals surface area contributed by atoms with E-state index in [2.05, 4.69) is 72.4 Å². The Labute approximate surface area is 139 Å². The highest BCUT2D eigenvalue weighted by Gasteiger charge is 2.18. The summed E-state index contributed by atoms with van der Waals surface area (Å²) < 4.78 is 2.15. The molecule has 0 bridgehead atoms. The summed E-state index contributed by atoms with van der Waals surface area (Å²) in [4.78, 5) is 6.17. The molecule has 23 heavy (non-hydrogen) atoms. The molecule has 116 valence electrons. The first-order chi connectivity index (χ1) is 11.3. The Morgan fingerprint density at radius 3 is 2.91 bits per heavy atom. The van der Waals surface area contributed by atoms with Crippen LogP contribution in [-0.4, -0.2) is 26.3 Å². The number of allylic oxidation sites excluding steroid dienone is 2. The van der Waals surface area contributed by atoms with Crippen molar-refractivity contribution in [2.24, 2.45) is 0 Å². The van der Waals surface area contributed by atoms with Crippen molar-refractivity contribution in [3.05, 3.63) is 77.9 Å². The van der Waals surface area contributed by atoms with Crippen molar-refractivity contribution in [2.75, 3.05) is 12.0 Å². The molecule has 0 N–H and O–H groups in total. The average molecular weight is 320 g/mol. The van der Waals surface area contributed by atoms with Gasteiger partial charge in [-0.1, -0.05) is 31.2 Å². The molecular formula is C20H20N2S. The van der Waals surface area contributed by atoms with Crippen LogP contribution in [0.2, 0.25) is 0 Å². The highest BCUT2D eigenvalue weighted by Crippen LogP contribution is 2.30. The van der Waals surface area contributed by atoms with Gasteiger partial charge in [-0.3, -0.25) is 4.98 Å². The predicted molar refractivity (Wildman–Crippen MR) is 101 cm³/mol. The van der Waals surface area contributed by atoms with E-state index < -0.39 is 0 Å². The third-order valence-electron chi connectivity index (χ3n) is 4.52. The fraction of sp³-hybridized carbons (Fsp3) is 0.200. The second-order valence-corrected chi connectivity index (χ2v) is 8.20. The fourth-order valence-corrected chi connectivity index (χ4v) is 4.34. The third kappa shape index (κ3) is 2.55. The van der Waals surface area contributed by atoms with Crippen molar-refractivity contribution in [2.45, 2.75) is 13.3 Å². The summed E-state index contributed by atoms with van der Waals surface area (Å²) in [5, 5.41) is 0. The van der Waals surface area contributed by atoms with E-state index in [1.54, 1.807) is 0 Å². The van der Waals surface area contributed by atoms with Crippen LogP contribution in [0.3, 0.4) is 0 Å². The Morgan fingerprint density at radius 1 is 1.17 bits per heavy atom. The van der Waals surface area contributed by atoms with E-state index in [1.807, 2.05) is 6.20 Å². The van der Waals surface area contributed by atoms with E-state index in [-0.39, 0.29) is 10.5 Å². The normalized spacial score (nSPS) is 17.0. The van der Waals surface area contributed by atoms with E-state index in [0.717, 1.165) is 17.6 Å². The minimum absolute atomic E-state index is 0.267. The van der Waals surface area contributed by atoms with Crippen LogP contribution in [0.5, 0.6) is 0 Å². The maximum atomic E-state index is 4.70. The molecule has 0 fully saturated rings. The van der Waals surface area contributed by atoms with Crippen LogP contribution < -0.4 is 0 Å². The van der Waals surface area contributed by atoms with Crippen LogP contribution in [0.25, 0.3) is 11.1 Å². The lowest BCUT2D eigenvalue weighted by Gasteiger charge is -2.21. The molecule has 0 aliphatic heterocycles. The number of nitrogens with zero attached hydrogens (tertiary/aromatic N) is 2. The third-order valence-corrected chi connectivity index (χ3v) is 6.47. The molecule has 1 atom stereocenters. The van der Waals surface area contributed by atoms with Crippen LogP contribution in [0.15, 0.2) is 61.1 Å². The maximum Gasteiger partial charge on any atom is 0.0832 e. The van der Waals surface area contributed by atoms with Gasteiger partial charge in [0.25, 0.3) is 0 Å². The van der Waals surface area contributed by atoms with Gasteiger partial charge < -0.3 is 4.40 Å². The first-order valence-corrected chi connectivity index (χ1v) is 9.78. The Bertz CT molecular complexity index is 947. The Morgan fingerprint density at radius 2 is 2.04 bits per heavy atom. The van der Waals surface area contributed by atoms with Crippen molar-refractivity contribution in [1.82, 2.24) is 9.38 Å². The van der Waals surface area contributed by atoms with Crippen molar-refractivity contribution in [1.29, 1.82) is 0 Å². The minimum atomic E-state index is 0.267. The monoisotopic (exact) mass is 320 g/mol. The zero-order chi connectivity index (χ0) is 15.8. The molecule has 3 aromatic rings. The van der Waals surface area contributed by atoms with Crippen molar-refractivity contribution in [3.8, 4) is 0 Å².